The molecule has 2 aliphatic rings. The lowest BCUT2D eigenvalue weighted by atomic mass is 10.1. The number of hydrogen-bond donors (Lipinski definition) is 0. The van der Waals surface area contributed by atoms with Crippen molar-refractivity contribution in [1.29, 1.82) is 0 Å². The Kier molecular flexibility index (Phi) is 4.03. The van der Waals surface area contributed by atoms with Crippen LogP contribution in [0.25, 0.3) is 28.0 Å². The topological polar surface area (TPSA) is 56.9 Å². The van der Waals surface area contributed by atoms with Gasteiger partial charge in [0.1, 0.15) is 0 Å². The summed E-state index contributed by atoms with van der Waals surface area (Å²) >= 11 is 18.5. The maximum Gasteiger partial charge on any atom is 0.352 e. The molecule has 26 heavy (non-hydrogen) atoms. The molecule has 2 aromatic carbocycles. The molecule has 5 nitrogen and oxygen atoms in total. The lowest BCUT2D eigenvalue weighted by Gasteiger charge is -2.19. The second-order valence-corrected chi connectivity index (χ2v) is 6.97. The van der Waals surface area contributed by atoms with Gasteiger partial charge in [0, 0.05) is 23.1 Å². The van der Waals surface area contributed by atoms with Crippen LogP contribution in [0.1, 0.15) is 0 Å². The van der Waals surface area contributed by atoms with Crippen LogP contribution in [-0.4, -0.2) is 14.1 Å². The zero-order valence-corrected chi connectivity index (χ0v) is 15.6. The van der Waals surface area contributed by atoms with E-state index in [9.17, 15) is 9.59 Å². The van der Waals surface area contributed by atoms with Crippen LogP contribution in [0.15, 0.2) is 52.1 Å². The van der Waals surface area contributed by atoms with Gasteiger partial charge in [0.25, 0.3) is 5.56 Å². The molecule has 0 radical (unpaired) electrons. The number of aromatic nitrogens is 3. The summed E-state index contributed by atoms with van der Waals surface area (Å²) in [5.74, 6) is 0.228. The molecule has 2 aliphatic heterocycles. The minimum atomic E-state index is -0.641. The molecule has 130 valence electrons. The quantitative estimate of drug-likeness (QED) is 0.446. The van der Waals surface area contributed by atoms with Crippen LogP contribution in [0.3, 0.4) is 0 Å². The lowest BCUT2D eigenvalue weighted by molar-refractivity contribution is 0.766. The van der Waals surface area contributed by atoms with Crippen molar-refractivity contribution >= 4 is 45.7 Å². The van der Waals surface area contributed by atoms with Gasteiger partial charge >= 0.3 is 5.69 Å². The van der Waals surface area contributed by atoms with Gasteiger partial charge in [-0.25, -0.2) is 4.79 Å². The predicted molar refractivity (Wildman–Crippen MR) is 104 cm³/mol. The molecule has 0 spiro atoms. The summed E-state index contributed by atoms with van der Waals surface area (Å²) in [6, 6.07) is 12.0. The molecule has 0 aromatic heterocycles. The van der Waals surface area contributed by atoms with E-state index in [2.05, 4.69) is 4.98 Å². The van der Waals surface area contributed by atoms with E-state index < -0.39 is 11.2 Å². The van der Waals surface area contributed by atoms with Gasteiger partial charge < -0.3 is 0 Å². The zero-order valence-electron chi connectivity index (χ0n) is 13.3. The second kappa shape index (κ2) is 6.13. The first kappa shape index (κ1) is 17.1. The van der Waals surface area contributed by atoms with Gasteiger partial charge in [-0.1, -0.05) is 40.9 Å². The van der Waals surface area contributed by atoms with E-state index in [1.165, 1.54) is 7.05 Å². The Hall–Kier alpha value is -2.34. The predicted octanol–water partition coefficient (Wildman–Crippen LogP) is 4.15. The summed E-state index contributed by atoms with van der Waals surface area (Å²) in [7, 11) is 1.39. The number of hydrogen-bond acceptors (Lipinski definition) is 3. The van der Waals surface area contributed by atoms with Gasteiger partial charge in [-0.05, 0) is 36.4 Å². The molecule has 2 heterocycles. The van der Waals surface area contributed by atoms with E-state index in [0.717, 1.165) is 4.57 Å². The first-order valence-electron chi connectivity index (χ1n) is 7.55. The smallest absolute Gasteiger partial charge is 0.293 e. The van der Waals surface area contributed by atoms with Crippen LogP contribution in [0.4, 0.5) is 0 Å². The number of pyridine rings is 1. The van der Waals surface area contributed by atoms with Crippen LogP contribution in [0.2, 0.25) is 15.1 Å². The average molecular weight is 407 g/mol. The molecular weight excluding hydrogens is 397 g/mol. The minimum Gasteiger partial charge on any atom is -0.293 e. The molecule has 0 saturated carbocycles. The summed E-state index contributed by atoms with van der Waals surface area (Å²) in [6.07, 6.45) is 0. The van der Waals surface area contributed by atoms with E-state index in [0.29, 0.717) is 31.7 Å². The van der Waals surface area contributed by atoms with Crippen molar-refractivity contribution in [2.75, 3.05) is 0 Å². The molecule has 0 saturated heterocycles. The van der Waals surface area contributed by atoms with Crippen LogP contribution in [0.5, 0.6) is 0 Å². The summed E-state index contributed by atoms with van der Waals surface area (Å²) in [6.45, 7) is 0. The van der Waals surface area contributed by atoms with Gasteiger partial charge in [-0.15, -0.1) is 0 Å². The largest absolute Gasteiger partial charge is 0.352 e. The minimum absolute atomic E-state index is 0.228. The number of halogens is 3. The van der Waals surface area contributed by atoms with Crippen molar-refractivity contribution in [1.82, 2.24) is 14.1 Å². The van der Waals surface area contributed by atoms with E-state index in [4.69, 9.17) is 34.8 Å². The average Bonchev–Trinajstić information content (AvgIpc) is 2.61. The van der Waals surface area contributed by atoms with Gasteiger partial charge in [0.15, 0.2) is 5.82 Å². The Morgan fingerprint density at radius 2 is 1.69 bits per heavy atom. The lowest BCUT2D eigenvalue weighted by Crippen LogP contribution is -2.35. The highest BCUT2D eigenvalue weighted by atomic mass is 35.5. The second-order valence-electron chi connectivity index (χ2n) is 5.75. The maximum absolute atomic E-state index is 12.6. The third-order valence-corrected chi connectivity index (χ3v) is 5.27. The molecule has 0 fully saturated rings. The van der Waals surface area contributed by atoms with Crippen molar-refractivity contribution in [2.45, 2.75) is 0 Å². The fraction of sp³-hybridized carbons (Fsp3) is 0.0556. The summed E-state index contributed by atoms with van der Waals surface area (Å²) in [5.41, 5.74) is 0.480. The monoisotopic (exact) mass is 405 g/mol. The molecule has 0 aliphatic carbocycles. The Labute approximate surface area is 162 Å². The van der Waals surface area contributed by atoms with Gasteiger partial charge in [-0.2, -0.15) is 4.98 Å². The molecule has 8 heteroatoms. The Balaban J connectivity index is 2.28. The molecular formula is C18H10Cl3N3O2. The van der Waals surface area contributed by atoms with Gasteiger partial charge in [0.2, 0.25) is 0 Å². The normalized spacial score (nSPS) is 11.4. The van der Waals surface area contributed by atoms with Gasteiger partial charge in [0.05, 0.1) is 21.1 Å². The molecule has 2 aromatic rings. The Morgan fingerprint density at radius 1 is 0.923 bits per heavy atom. The van der Waals surface area contributed by atoms with Crippen molar-refractivity contribution in [3.63, 3.8) is 0 Å². The molecule has 0 bridgehead atoms. The van der Waals surface area contributed by atoms with E-state index >= 15 is 0 Å². The Morgan fingerprint density at radius 3 is 2.42 bits per heavy atom. The highest BCUT2D eigenvalue weighted by molar-refractivity contribution is 6.42. The van der Waals surface area contributed by atoms with E-state index in [-0.39, 0.29) is 11.4 Å². The number of fused-ring (bicyclic) bond motifs is 2. The standard InChI is InChI=1S/C18H10Cl3N3O2/c1-23-17(25)11-8-10-12(19)3-2-4-15(10)24(16(11)22-18(23)26)9-5-6-13(20)14(21)7-9/h2-8H,1H3. The molecule has 0 N–H and O–H groups in total. The van der Waals surface area contributed by atoms with E-state index in [1.807, 2.05) is 6.07 Å². The zero-order chi connectivity index (χ0) is 18.6. The number of benzene rings is 2. The summed E-state index contributed by atoms with van der Waals surface area (Å²) in [4.78, 5) is 28.9. The number of nitrogens with zero attached hydrogens (tertiary/aromatic N) is 3. The highest BCUT2D eigenvalue weighted by Gasteiger charge is 2.20. The molecule has 4 rings (SSSR count). The van der Waals surface area contributed by atoms with Crippen LogP contribution < -0.4 is 11.2 Å². The summed E-state index contributed by atoms with van der Waals surface area (Å²) < 4.78 is 2.64. The van der Waals surface area contributed by atoms with Gasteiger partial charge in [-0.3, -0.25) is 13.9 Å². The SMILES string of the molecule is Cn1c(=O)nc2n(-c3ccc(Cl)c(Cl)c3)c3cccc(Cl)c3cc-2c1=O. The van der Waals surface area contributed by atoms with Crippen molar-refractivity contribution in [2.24, 2.45) is 7.05 Å². The van der Waals surface area contributed by atoms with Crippen molar-refractivity contribution < 1.29 is 0 Å². The van der Waals surface area contributed by atoms with Crippen LogP contribution in [-0.2, 0) is 7.05 Å². The molecule has 0 atom stereocenters. The Bertz CT molecular complexity index is 1280. The highest BCUT2D eigenvalue weighted by Crippen LogP contribution is 2.33. The first-order valence-corrected chi connectivity index (χ1v) is 8.68. The van der Waals surface area contributed by atoms with Crippen molar-refractivity contribution in [3.05, 3.63) is 78.4 Å². The molecule has 0 amide bonds. The first-order chi connectivity index (χ1) is 12.4. The fourth-order valence-corrected chi connectivity index (χ4v) is 3.41. The fourth-order valence-electron chi connectivity index (χ4n) is 2.89. The third-order valence-electron chi connectivity index (χ3n) is 4.20. The van der Waals surface area contributed by atoms with Crippen molar-refractivity contribution in [3.8, 4) is 17.1 Å². The number of rotatable bonds is 1. The summed E-state index contributed by atoms with van der Waals surface area (Å²) in [5, 5.41) is 1.87. The molecule has 0 unspecified atom stereocenters. The van der Waals surface area contributed by atoms with Crippen LogP contribution >= 0.6 is 34.8 Å². The third kappa shape index (κ3) is 2.51. The van der Waals surface area contributed by atoms with E-state index in [1.54, 1.807) is 41.0 Å². The van der Waals surface area contributed by atoms with Crippen LogP contribution in [0, 0.1) is 0 Å². The maximum atomic E-state index is 12.6.